The van der Waals surface area contributed by atoms with E-state index < -0.39 is 16.1 Å². The quantitative estimate of drug-likeness (QED) is 0.291. The van der Waals surface area contributed by atoms with E-state index >= 15 is 0 Å². The van der Waals surface area contributed by atoms with Crippen LogP contribution in [-0.4, -0.2) is 81.6 Å². The summed E-state index contributed by atoms with van der Waals surface area (Å²) in [6, 6.07) is 20.0. The molecule has 1 fully saturated rings. The van der Waals surface area contributed by atoms with Gasteiger partial charge in [0.1, 0.15) is 10.9 Å². The first-order valence-electron chi connectivity index (χ1n) is 14.6. The average molecular weight is 596 g/mol. The molecule has 2 heterocycles. The summed E-state index contributed by atoms with van der Waals surface area (Å²) in [6.45, 7) is 1.29. The number of amides is 1. The van der Waals surface area contributed by atoms with Gasteiger partial charge in [0.05, 0.1) is 12.4 Å². The topological polar surface area (TPSA) is 94.6 Å². The first kappa shape index (κ1) is 31.6. The maximum absolute atomic E-state index is 13.9. The molecular weight excluding hydrogens is 553 g/mol. The number of nitrogens with one attached hydrogen (secondary N) is 2. The normalized spacial score (nSPS) is 15.9. The Hall–Kier alpha value is -3.34. The lowest BCUT2D eigenvalue weighted by Gasteiger charge is -2.34. The molecule has 2 N–H and O–H groups in total. The number of pyridine rings is 1. The summed E-state index contributed by atoms with van der Waals surface area (Å²) in [4.78, 5) is 21.6. The van der Waals surface area contributed by atoms with Gasteiger partial charge in [-0.15, -0.1) is 0 Å². The lowest BCUT2D eigenvalue weighted by Crippen LogP contribution is -2.51. The molecule has 0 spiro atoms. The van der Waals surface area contributed by atoms with Crippen molar-refractivity contribution in [2.24, 2.45) is 5.92 Å². The van der Waals surface area contributed by atoms with E-state index in [0.29, 0.717) is 51.0 Å². The van der Waals surface area contributed by atoms with Crippen molar-refractivity contribution in [2.45, 2.75) is 49.1 Å². The fourth-order valence-electron chi connectivity index (χ4n) is 5.53. The van der Waals surface area contributed by atoms with Crippen LogP contribution in [0.15, 0.2) is 84.0 Å². The zero-order chi connectivity index (χ0) is 30.0. The molecule has 42 heavy (non-hydrogen) atoms. The number of piperidine rings is 1. The van der Waals surface area contributed by atoms with E-state index in [4.69, 9.17) is 0 Å². The number of alkyl halides is 1. The molecule has 4 rings (SSSR count). The fraction of sp³-hybridized carbons (Fsp3) is 0.438. The fourth-order valence-corrected chi connectivity index (χ4v) is 6.83. The lowest BCUT2D eigenvalue weighted by molar-refractivity contribution is -0.134. The number of benzene rings is 2. The number of halogens is 1. The van der Waals surface area contributed by atoms with Gasteiger partial charge in [-0.2, -0.15) is 4.72 Å². The number of carbonyl (C=O) groups is 1. The number of carbonyl (C=O) groups excluding carboxylic acids is 1. The van der Waals surface area contributed by atoms with Gasteiger partial charge in [-0.05, 0) is 69.3 Å². The molecule has 0 unspecified atom stereocenters. The number of nitrogens with zero attached hydrogens (tertiary/aromatic N) is 3. The predicted molar refractivity (Wildman–Crippen MR) is 164 cm³/mol. The Kier molecular flexibility index (Phi) is 11.5. The monoisotopic (exact) mass is 595 g/mol. The minimum atomic E-state index is -4.15. The Bertz CT molecular complexity index is 1370. The Morgan fingerprint density at radius 3 is 2.21 bits per heavy atom. The standard InChI is InChI=1S/C32H42FN5O3S/c1-37(2)24-28(21-26-9-5-3-6-10-26)35-29-14-18-34-23-31(29)42(40,41)36-30(22-27-11-7-4-8-12-27)32(39)38-19-15-25(13-17-33)16-20-38/h3-12,14,18,23,25,28,30,36H,13,15-17,19-22,24H2,1-2H3,(H,34,35)/t28-,30-/m0/s1. The zero-order valence-electron chi connectivity index (χ0n) is 24.5. The Labute approximate surface area is 249 Å². The van der Waals surface area contributed by atoms with Crippen LogP contribution in [0.25, 0.3) is 0 Å². The Balaban J connectivity index is 1.57. The van der Waals surface area contributed by atoms with Gasteiger partial charge in [-0.1, -0.05) is 60.7 Å². The molecule has 8 nitrogen and oxygen atoms in total. The van der Waals surface area contributed by atoms with E-state index in [1.54, 1.807) is 17.2 Å². The van der Waals surface area contributed by atoms with Crippen molar-refractivity contribution < 1.29 is 17.6 Å². The summed E-state index contributed by atoms with van der Waals surface area (Å²) < 4.78 is 43.4. The highest BCUT2D eigenvalue weighted by atomic mass is 32.2. The first-order chi connectivity index (χ1) is 20.2. The molecule has 1 aliphatic heterocycles. The molecule has 1 aliphatic rings. The van der Waals surface area contributed by atoms with Gasteiger partial charge in [0, 0.05) is 38.1 Å². The first-order valence-corrected chi connectivity index (χ1v) is 16.0. The van der Waals surface area contributed by atoms with Crippen LogP contribution in [0.2, 0.25) is 0 Å². The molecule has 1 amide bonds. The van der Waals surface area contributed by atoms with Crippen LogP contribution in [0.3, 0.4) is 0 Å². The number of aromatic nitrogens is 1. The number of anilines is 1. The van der Waals surface area contributed by atoms with E-state index in [9.17, 15) is 17.6 Å². The maximum atomic E-state index is 13.9. The van der Waals surface area contributed by atoms with E-state index in [1.807, 2.05) is 62.6 Å². The summed E-state index contributed by atoms with van der Waals surface area (Å²) in [7, 11) is -0.190. The van der Waals surface area contributed by atoms with Crippen LogP contribution in [0.5, 0.6) is 0 Å². The predicted octanol–water partition coefficient (Wildman–Crippen LogP) is 4.15. The number of hydrogen-bond donors (Lipinski definition) is 2. The second-order valence-corrected chi connectivity index (χ2v) is 13.0. The minimum Gasteiger partial charge on any atom is -0.379 e. The summed E-state index contributed by atoms with van der Waals surface area (Å²) in [5, 5.41) is 3.44. The number of hydrogen-bond acceptors (Lipinski definition) is 6. The second-order valence-electron chi connectivity index (χ2n) is 11.3. The van der Waals surface area contributed by atoms with Gasteiger partial charge in [0.15, 0.2) is 0 Å². The number of sulfonamides is 1. The van der Waals surface area contributed by atoms with Crippen LogP contribution < -0.4 is 10.0 Å². The molecule has 0 saturated carbocycles. The van der Waals surface area contributed by atoms with Crippen LogP contribution in [0, 0.1) is 5.92 Å². The molecule has 10 heteroatoms. The van der Waals surface area contributed by atoms with Gasteiger partial charge in [-0.25, -0.2) is 8.42 Å². The average Bonchev–Trinajstić information content (AvgIpc) is 2.98. The van der Waals surface area contributed by atoms with Crippen LogP contribution in [0.4, 0.5) is 10.1 Å². The summed E-state index contributed by atoms with van der Waals surface area (Å²) in [5.74, 6) is -0.0209. The SMILES string of the molecule is CN(C)C[C@H](Cc1ccccc1)Nc1ccncc1S(=O)(=O)N[C@@H](Cc1ccccc1)C(=O)N1CCC(CCF)CC1. The molecule has 0 radical (unpaired) electrons. The number of likely N-dealkylation sites (N-methyl/N-ethyl adjacent to an activating group) is 1. The van der Waals surface area contributed by atoms with Crippen molar-refractivity contribution in [1.29, 1.82) is 0 Å². The Morgan fingerprint density at radius 2 is 1.62 bits per heavy atom. The van der Waals surface area contributed by atoms with Crippen LogP contribution >= 0.6 is 0 Å². The minimum absolute atomic E-state index is 0.00525. The van der Waals surface area contributed by atoms with Gasteiger partial charge >= 0.3 is 0 Å². The summed E-state index contributed by atoms with van der Waals surface area (Å²) >= 11 is 0. The second kappa shape index (κ2) is 15.2. The Morgan fingerprint density at radius 1 is 1.00 bits per heavy atom. The molecule has 226 valence electrons. The largest absolute Gasteiger partial charge is 0.379 e. The van der Waals surface area contributed by atoms with E-state index in [-0.39, 0.29) is 35.9 Å². The van der Waals surface area contributed by atoms with Gasteiger partial charge < -0.3 is 15.1 Å². The third-order valence-electron chi connectivity index (χ3n) is 7.67. The van der Waals surface area contributed by atoms with E-state index in [0.717, 1.165) is 11.1 Å². The van der Waals surface area contributed by atoms with E-state index in [1.165, 1.54) is 6.20 Å². The zero-order valence-corrected chi connectivity index (χ0v) is 25.3. The third-order valence-corrected chi connectivity index (χ3v) is 9.17. The van der Waals surface area contributed by atoms with Crippen LogP contribution in [0.1, 0.15) is 30.4 Å². The van der Waals surface area contributed by atoms with Crippen molar-refractivity contribution in [2.75, 3.05) is 45.7 Å². The highest BCUT2D eigenvalue weighted by molar-refractivity contribution is 7.89. The van der Waals surface area contributed by atoms with E-state index in [2.05, 4.69) is 32.1 Å². The molecular formula is C32H42FN5O3S. The maximum Gasteiger partial charge on any atom is 0.244 e. The summed E-state index contributed by atoms with van der Waals surface area (Å²) in [5.41, 5.74) is 2.42. The molecule has 1 saturated heterocycles. The van der Waals surface area contributed by atoms with Crippen molar-refractivity contribution in [3.63, 3.8) is 0 Å². The molecule has 3 aromatic rings. The molecule has 2 aromatic carbocycles. The molecule has 1 aromatic heterocycles. The van der Waals surface area contributed by atoms with Crippen molar-refractivity contribution in [1.82, 2.24) is 19.5 Å². The highest BCUT2D eigenvalue weighted by Crippen LogP contribution is 2.24. The molecule has 2 atom stereocenters. The van der Waals surface area contributed by atoms with Gasteiger partial charge in [0.25, 0.3) is 0 Å². The lowest BCUT2D eigenvalue weighted by atomic mass is 9.93. The smallest absolute Gasteiger partial charge is 0.244 e. The van der Waals surface area contributed by atoms with Gasteiger partial charge in [-0.3, -0.25) is 14.2 Å². The van der Waals surface area contributed by atoms with Crippen LogP contribution in [-0.2, 0) is 27.7 Å². The van der Waals surface area contributed by atoms with Gasteiger partial charge in [0.2, 0.25) is 15.9 Å². The molecule has 0 aliphatic carbocycles. The summed E-state index contributed by atoms with van der Waals surface area (Å²) in [6.07, 6.45) is 5.72. The van der Waals surface area contributed by atoms with Crippen molar-refractivity contribution >= 4 is 21.6 Å². The number of rotatable bonds is 14. The highest BCUT2D eigenvalue weighted by Gasteiger charge is 2.33. The van der Waals surface area contributed by atoms with Crippen molar-refractivity contribution in [3.05, 3.63) is 90.3 Å². The molecule has 0 bridgehead atoms. The van der Waals surface area contributed by atoms with Crippen molar-refractivity contribution in [3.8, 4) is 0 Å². The number of likely N-dealkylation sites (tertiary alicyclic amines) is 1. The third kappa shape index (κ3) is 9.08.